The van der Waals surface area contributed by atoms with Crippen LogP contribution >= 0.6 is 0 Å². The van der Waals surface area contributed by atoms with Crippen LogP contribution in [0.4, 0.5) is 0 Å². The number of hydrogen-bond acceptors (Lipinski definition) is 4. The number of carbonyl (C=O) groups excluding carboxylic acids is 1. The van der Waals surface area contributed by atoms with E-state index in [2.05, 4.69) is 15.3 Å². The number of carbonyl (C=O) groups is 1. The molecule has 2 aromatic rings. The zero-order valence-corrected chi connectivity index (χ0v) is 14.0. The molecule has 2 N–H and O–H groups in total. The van der Waals surface area contributed by atoms with E-state index in [1.54, 1.807) is 12.1 Å². The topological polar surface area (TPSA) is 75.1 Å². The van der Waals surface area contributed by atoms with Gasteiger partial charge < -0.3 is 10.4 Å². The Morgan fingerprint density at radius 1 is 1.17 bits per heavy atom. The van der Waals surface area contributed by atoms with Crippen molar-refractivity contribution < 1.29 is 9.90 Å². The second kappa shape index (κ2) is 7.43. The van der Waals surface area contributed by atoms with Gasteiger partial charge >= 0.3 is 0 Å². The zero-order valence-electron chi connectivity index (χ0n) is 14.0. The molecule has 126 valence electrons. The lowest BCUT2D eigenvalue weighted by atomic mass is 9.95. The molecule has 1 heterocycles. The summed E-state index contributed by atoms with van der Waals surface area (Å²) < 4.78 is 0. The Bertz CT molecular complexity index is 726. The number of benzene rings is 1. The second-order valence-electron chi connectivity index (χ2n) is 6.30. The van der Waals surface area contributed by atoms with Gasteiger partial charge in [-0.05, 0) is 62.3 Å². The maximum absolute atomic E-state index is 12.0. The van der Waals surface area contributed by atoms with Crippen LogP contribution in [-0.2, 0) is 30.6 Å². The molecule has 0 saturated carbocycles. The summed E-state index contributed by atoms with van der Waals surface area (Å²) in [4.78, 5) is 21.2. The SMILES string of the molecule is Cc1nc(CNC(=O)CCc2ccc(O)cc2)nc2c1CCCC2. The van der Waals surface area contributed by atoms with Crippen LogP contribution in [0.3, 0.4) is 0 Å². The van der Waals surface area contributed by atoms with E-state index < -0.39 is 0 Å². The number of rotatable bonds is 5. The van der Waals surface area contributed by atoms with Crippen LogP contribution in [0.25, 0.3) is 0 Å². The van der Waals surface area contributed by atoms with Crippen molar-refractivity contribution in [2.45, 2.75) is 52.0 Å². The number of fused-ring (bicyclic) bond motifs is 1. The number of phenolic OH excluding ortho intramolecular Hbond substituents is 1. The third kappa shape index (κ3) is 4.10. The van der Waals surface area contributed by atoms with Gasteiger partial charge in [0, 0.05) is 17.8 Å². The number of aromatic nitrogens is 2. The molecule has 0 spiro atoms. The summed E-state index contributed by atoms with van der Waals surface area (Å²) in [5.41, 5.74) is 4.53. The molecule has 0 unspecified atom stereocenters. The van der Waals surface area contributed by atoms with Gasteiger partial charge in [0.1, 0.15) is 11.6 Å². The molecular weight excluding hydrogens is 302 g/mol. The number of phenols is 1. The summed E-state index contributed by atoms with van der Waals surface area (Å²) in [5, 5.41) is 12.2. The van der Waals surface area contributed by atoms with Crippen molar-refractivity contribution in [2.24, 2.45) is 0 Å². The largest absolute Gasteiger partial charge is 0.508 e. The molecule has 1 amide bonds. The molecule has 0 atom stereocenters. The van der Waals surface area contributed by atoms with Crippen molar-refractivity contribution in [3.8, 4) is 5.75 Å². The Hall–Kier alpha value is -2.43. The van der Waals surface area contributed by atoms with Crippen molar-refractivity contribution in [1.82, 2.24) is 15.3 Å². The van der Waals surface area contributed by atoms with E-state index in [9.17, 15) is 9.90 Å². The van der Waals surface area contributed by atoms with Gasteiger partial charge in [-0.15, -0.1) is 0 Å². The smallest absolute Gasteiger partial charge is 0.220 e. The van der Waals surface area contributed by atoms with Gasteiger partial charge in [0.15, 0.2) is 0 Å². The highest BCUT2D eigenvalue weighted by atomic mass is 16.3. The molecule has 24 heavy (non-hydrogen) atoms. The monoisotopic (exact) mass is 325 g/mol. The maximum Gasteiger partial charge on any atom is 0.220 e. The van der Waals surface area contributed by atoms with Gasteiger partial charge in [-0.2, -0.15) is 0 Å². The minimum Gasteiger partial charge on any atom is -0.508 e. The predicted octanol–water partition coefficient (Wildman–Crippen LogP) is 2.62. The first-order valence-electron chi connectivity index (χ1n) is 8.51. The van der Waals surface area contributed by atoms with E-state index in [1.807, 2.05) is 19.1 Å². The minimum atomic E-state index is -0.0120. The van der Waals surface area contributed by atoms with E-state index in [4.69, 9.17) is 0 Å². The van der Waals surface area contributed by atoms with Crippen LogP contribution < -0.4 is 5.32 Å². The Morgan fingerprint density at radius 2 is 1.92 bits per heavy atom. The van der Waals surface area contributed by atoms with Gasteiger partial charge in [-0.3, -0.25) is 4.79 Å². The van der Waals surface area contributed by atoms with Crippen molar-refractivity contribution in [3.05, 3.63) is 52.6 Å². The summed E-state index contributed by atoms with van der Waals surface area (Å²) in [6.07, 6.45) is 5.54. The molecule has 3 rings (SSSR count). The summed E-state index contributed by atoms with van der Waals surface area (Å²) in [6, 6.07) is 6.94. The number of amides is 1. The highest BCUT2D eigenvalue weighted by Crippen LogP contribution is 2.21. The second-order valence-corrected chi connectivity index (χ2v) is 6.30. The van der Waals surface area contributed by atoms with Gasteiger partial charge in [0.05, 0.1) is 6.54 Å². The normalized spacial score (nSPS) is 13.4. The van der Waals surface area contributed by atoms with Gasteiger partial charge in [0.2, 0.25) is 5.91 Å². The molecule has 5 heteroatoms. The van der Waals surface area contributed by atoms with Gasteiger partial charge in [-0.25, -0.2) is 9.97 Å². The van der Waals surface area contributed by atoms with E-state index >= 15 is 0 Å². The number of aryl methyl sites for hydroxylation is 3. The van der Waals surface area contributed by atoms with Crippen LogP contribution in [0.2, 0.25) is 0 Å². The van der Waals surface area contributed by atoms with Crippen LogP contribution in [0.1, 0.15) is 47.6 Å². The van der Waals surface area contributed by atoms with Crippen molar-refractivity contribution >= 4 is 5.91 Å². The Labute approximate surface area is 142 Å². The van der Waals surface area contributed by atoms with Crippen LogP contribution in [0.15, 0.2) is 24.3 Å². The molecule has 5 nitrogen and oxygen atoms in total. The highest BCUT2D eigenvalue weighted by Gasteiger charge is 2.15. The summed E-state index contributed by atoms with van der Waals surface area (Å²) >= 11 is 0. The molecule has 0 radical (unpaired) electrons. The lowest BCUT2D eigenvalue weighted by Gasteiger charge is -2.17. The minimum absolute atomic E-state index is 0.0120. The fourth-order valence-corrected chi connectivity index (χ4v) is 3.11. The van der Waals surface area contributed by atoms with Crippen LogP contribution in [-0.4, -0.2) is 21.0 Å². The molecule has 1 aliphatic rings. The maximum atomic E-state index is 12.0. The Balaban J connectivity index is 1.52. The summed E-state index contributed by atoms with van der Waals surface area (Å²) in [7, 11) is 0. The number of aromatic hydroxyl groups is 1. The molecule has 1 aliphatic carbocycles. The number of hydrogen-bond donors (Lipinski definition) is 2. The Kier molecular flexibility index (Phi) is 5.08. The Morgan fingerprint density at radius 3 is 2.71 bits per heavy atom. The standard InChI is InChI=1S/C19H23N3O2/c1-13-16-4-2-3-5-17(16)22-18(21-13)12-20-19(24)11-8-14-6-9-15(23)10-7-14/h6-7,9-10,23H,2-5,8,11-12H2,1H3,(H,20,24). The molecule has 0 saturated heterocycles. The van der Waals surface area contributed by atoms with Crippen molar-refractivity contribution in [3.63, 3.8) is 0 Å². The van der Waals surface area contributed by atoms with E-state index in [0.29, 0.717) is 25.2 Å². The quantitative estimate of drug-likeness (QED) is 0.886. The average molecular weight is 325 g/mol. The van der Waals surface area contributed by atoms with Crippen LogP contribution in [0, 0.1) is 6.92 Å². The lowest BCUT2D eigenvalue weighted by Crippen LogP contribution is -2.25. The first-order valence-corrected chi connectivity index (χ1v) is 8.51. The summed E-state index contributed by atoms with van der Waals surface area (Å²) in [5.74, 6) is 0.927. The molecule has 1 aromatic carbocycles. The van der Waals surface area contributed by atoms with E-state index in [0.717, 1.165) is 29.8 Å². The van der Waals surface area contributed by atoms with E-state index in [-0.39, 0.29) is 11.7 Å². The van der Waals surface area contributed by atoms with E-state index in [1.165, 1.54) is 18.4 Å². The first-order chi connectivity index (χ1) is 11.6. The third-order valence-corrected chi connectivity index (χ3v) is 4.46. The molecule has 0 fully saturated rings. The number of nitrogens with one attached hydrogen (secondary N) is 1. The van der Waals surface area contributed by atoms with Crippen molar-refractivity contribution in [2.75, 3.05) is 0 Å². The predicted molar refractivity (Wildman–Crippen MR) is 91.7 cm³/mol. The molecule has 0 bridgehead atoms. The lowest BCUT2D eigenvalue weighted by molar-refractivity contribution is -0.121. The first kappa shape index (κ1) is 16.4. The fraction of sp³-hybridized carbons (Fsp3) is 0.421. The molecular formula is C19H23N3O2. The van der Waals surface area contributed by atoms with Crippen LogP contribution in [0.5, 0.6) is 5.75 Å². The highest BCUT2D eigenvalue weighted by molar-refractivity contribution is 5.76. The fourth-order valence-electron chi connectivity index (χ4n) is 3.11. The molecule has 1 aromatic heterocycles. The average Bonchev–Trinajstić information content (AvgIpc) is 2.59. The third-order valence-electron chi connectivity index (χ3n) is 4.46. The zero-order chi connectivity index (χ0) is 16.9. The van der Waals surface area contributed by atoms with Crippen molar-refractivity contribution in [1.29, 1.82) is 0 Å². The number of nitrogens with zero attached hydrogens (tertiary/aromatic N) is 2. The summed E-state index contributed by atoms with van der Waals surface area (Å²) in [6.45, 7) is 2.41. The molecule has 0 aliphatic heterocycles. The van der Waals surface area contributed by atoms with Gasteiger partial charge in [-0.1, -0.05) is 12.1 Å². The van der Waals surface area contributed by atoms with Gasteiger partial charge in [0.25, 0.3) is 0 Å².